The summed E-state index contributed by atoms with van der Waals surface area (Å²) in [5.41, 5.74) is 4.64. The third-order valence-electron chi connectivity index (χ3n) is 7.05. The Bertz CT molecular complexity index is 567. The molecule has 0 radical (unpaired) electrons. The molecule has 1 unspecified atom stereocenters. The van der Waals surface area contributed by atoms with E-state index >= 15 is 0 Å². The lowest BCUT2D eigenvalue weighted by atomic mass is 9.55. The molecule has 5 atom stereocenters. The van der Waals surface area contributed by atoms with Crippen LogP contribution in [0.2, 0.25) is 0 Å². The highest BCUT2D eigenvalue weighted by atomic mass is 16.5. The van der Waals surface area contributed by atoms with Crippen LogP contribution in [0.25, 0.3) is 0 Å². The topological polar surface area (TPSA) is 29.5 Å². The first-order chi connectivity index (χ1) is 10.6. The Hall–Kier alpha value is -0.860. The number of ether oxygens (including phenoxy) is 1. The molecular weight excluding hydrogens is 272 g/mol. The Morgan fingerprint density at radius 3 is 2.91 bits per heavy atom. The summed E-state index contributed by atoms with van der Waals surface area (Å²) in [7, 11) is 1.77. The number of benzene rings is 1. The average molecular weight is 300 g/mol. The van der Waals surface area contributed by atoms with Crippen molar-refractivity contribution < 1.29 is 9.84 Å². The number of hydrogen-bond donors (Lipinski definition) is 1. The summed E-state index contributed by atoms with van der Waals surface area (Å²) in [6, 6.07) is 6.99. The van der Waals surface area contributed by atoms with E-state index in [-0.39, 0.29) is 11.5 Å². The maximum Gasteiger partial charge on any atom is 0.0713 e. The first-order valence-corrected chi connectivity index (χ1v) is 8.92. The maximum absolute atomic E-state index is 10.5. The van der Waals surface area contributed by atoms with Crippen LogP contribution in [0, 0.1) is 17.3 Å². The van der Waals surface area contributed by atoms with Crippen LogP contribution in [0.4, 0.5) is 0 Å². The highest BCUT2D eigenvalue weighted by Crippen LogP contribution is 2.60. The summed E-state index contributed by atoms with van der Waals surface area (Å²) in [6.07, 6.45) is 7.14. The van der Waals surface area contributed by atoms with E-state index in [1.54, 1.807) is 18.2 Å². The van der Waals surface area contributed by atoms with Crippen molar-refractivity contribution in [2.24, 2.45) is 17.3 Å². The average Bonchev–Trinajstić information content (AvgIpc) is 2.83. The van der Waals surface area contributed by atoms with Gasteiger partial charge in [0.25, 0.3) is 0 Å². The van der Waals surface area contributed by atoms with E-state index in [4.69, 9.17) is 4.74 Å². The number of aliphatic hydroxyl groups excluding tert-OH is 1. The molecule has 22 heavy (non-hydrogen) atoms. The van der Waals surface area contributed by atoms with Crippen molar-refractivity contribution in [2.45, 2.75) is 64.1 Å². The summed E-state index contributed by atoms with van der Waals surface area (Å²) >= 11 is 0. The standard InChI is InChI=1S/C20H28O2/c1-20-10-9-16-15-5-3-13(12-22-2)11-14(15)4-6-17(16)18(20)7-8-19(20)21/h3,5,11,16-19,21H,4,6-10,12H2,1-2H3/t16-,17-,18+,19?,20+/m1/s1. The monoisotopic (exact) mass is 300 g/mol. The molecule has 0 heterocycles. The number of fused-ring (bicyclic) bond motifs is 5. The lowest BCUT2D eigenvalue weighted by molar-refractivity contribution is -0.0226. The first kappa shape index (κ1) is 14.7. The van der Waals surface area contributed by atoms with Gasteiger partial charge in [-0.15, -0.1) is 0 Å². The van der Waals surface area contributed by atoms with Gasteiger partial charge >= 0.3 is 0 Å². The van der Waals surface area contributed by atoms with Crippen molar-refractivity contribution in [3.8, 4) is 0 Å². The van der Waals surface area contributed by atoms with Crippen LogP contribution in [0.1, 0.15) is 61.6 Å². The first-order valence-electron chi connectivity index (χ1n) is 8.92. The van der Waals surface area contributed by atoms with E-state index in [1.165, 1.54) is 37.7 Å². The van der Waals surface area contributed by atoms with Crippen molar-refractivity contribution >= 4 is 0 Å². The maximum atomic E-state index is 10.5. The third kappa shape index (κ3) is 2.07. The smallest absolute Gasteiger partial charge is 0.0713 e. The zero-order chi connectivity index (χ0) is 15.3. The number of aryl methyl sites for hydroxylation is 1. The van der Waals surface area contributed by atoms with Crippen LogP contribution in [-0.4, -0.2) is 18.3 Å². The van der Waals surface area contributed by atoms with Crippen LogP contribution >= 0.6 is 0 Å². The van der Waals surface area contributed by atoms with Crippen molar-refractivity contribution in [2.75, 3.05) is 7.11 Å². The van der Waals surface area contributed by atoms with Crippen molar-refractivity contribution in [1.82, 2.24) is 0 Å². The number of methoxy groups -OCH3 is 1. The minimum atomic E-state index is -0.0658. The van der Waals surface area contributed by atoms with Gasteiger partial charge < -0.3 is 9.84 Å². The second-order valence-electron chi connectivity index (χ2n) is 8.02. The van der Waals surface area contributed by atoms with Crippen molar-refractivity contribution in [1.29, 1.82) is 0 Å². The molecule has 0 aromatic heterocycles. The van der Waals surface area contributed by atoms with Crippen molar-refractivity contribution in [3.63, 3.8) is 0 Å². The number of hydrogen-bond acceptors (Lipinski definition) is 2. The van der Waals surface area contributed by atoms with Gasteiger partial charge in [0.15, 0.2) is 0 Å². The Labute approximate surface area is 133 Å². The van der Waals surface area contributed by atoms with Crippen LogP contribution < -0.4 is 0 Å². The Balaban J connectivity index is 1.64. The van der Waals surface area contributed by atoms with Gasteiger partial charge in [0.1, 0.15) is 0 Å². The van der Waals surface area contributed by atoms with Gasteiger partial charge in [-0.3, -0.25) is 0 Å². The fourth-order valence-corrected chi connectivity index (χ4v) is 5.86. The van der Waals surface area contributed by atoms with E-state index in [2.05, 4.69) is 25.1 Å². The highest BCUT2D eigenvalue weighted by molar-refractivity contribution is 5.38. The molecule has 3 aliphatic carbocycles. The second kappa shape index (κ2) is 5.35. The van der Waals surface area contributed by atoms with E-state index in [0.717, 1.165) is 24.2 Å². The molecule has 3 aliphatic rings. The molecule has 2 saturated carbocycles. The van der Waals surface area contributed by atoms with Crippen molar-refractivity contribution in [3.05, 3.63) is 34.9 Å². The van der Waals surface area contributed by atoms with Crippen LogP contribution in [0.15, 0.2) is 18.2 Å². The van der Waals surface area contributed by atoms with E-state index in [1.807, 2.05) is 0 Å². The molecular formula is C20H28O2. The van der Waals surface area contributed by atoms with Gasteiger partial charge in [0.05, 0.1) is 12.7 Å². The summed E-state index contributed by atoms with van der Waals surface area (Å²) in [5, 5.41) is 10.5. The predicted octanol–water partition coefficient (Wildman–Crippen LogP) is 4.05. The van der Waals surface area contributed by atoms with Gasteiger partial charge in [0, 0.05) is 7.11 Å². The molecule has 1 aromatic carbocycles. The molecule has 2 fully saturated rings. The molecule has 0 amide bonds. The molecule has 2 heteroatoms. The summed E-state index contributed by atoms with van der Waals surface area (Å²) in [6.45, 7) is 3.07. The highest BCUT2D eigenvalue weighted by Gasteiger charge is 2.54. The van der Waals surface area contributed by atoms with Crippen LogP contribution in [0.3, 0.4) is 0 Å². The van der Waals surface area contributed by atoms with Crippen LogP contribution in [0.5, 0.6) is 0 Å². The second-order valence-corrected chi connectivity index (χ2v) is 8.02. The molecule has 1 aromatic rings. The normalized spacial score (nSPS) is 40.0. The zero-order valence-electron chi connectivity index (χ0n) is 13.8. The summed E-state index contributed by atoms with van der Waals surface area (Å²) < 4.78 is 5.28. The molecule has 120 valence electrons. The molecule has 0 bridgehead atoms. The minimum absolute atomic E-state index is 0.0658. The van der Waals surface area contributed by atoms with E-state index in [0.29, 0.717) is 6.61 Å². The van der Waals surface area contributed by atoms with Gasteiger partial charge in [-0.25, -0.2) is 0 Å². The zero-order valence-corrected chi connectivity index (χ0v) is 13.8. The SMILES string of the molecule is COCc1ccc2c(c1)CC[C@@H]1[C@@H]2CC[C@]2(C)C(O)CC[C@@H]12. The van der Waals surface area contributed by atoms with Gasteiger partial charge in [-0.05, 0) is 78.4 Å². The number of rotatable bonds is 2. The van der Waals surface area contributed by atoms with Gasteiger partial charge in [0.2, 0.25) is 0 Å². The number of aliphatic hydroxyl groups is 1. The Morgan fingerprint density at radius 2 is 2.09 bits per heavy atom. The minimum Gasteiger partial charge on any atom is -0.393 e. The molecule has 4 rings (SSSR count). The summed E-state index contributed by atoms with van der Waals surface area (Å²) in [5.74, 6) is 2.24. The molecule has 0 aliphatic heterocycles. The summed E-state index contributed by atoms with van der Waals surface area (Å²) in [4.78, 5) is 0. The Morgan fingerprint density at radius 1 is 1.23 bits per heavy atom. The third-order valence-corrected chi connectivity index (χ3v) is 7.05. The van der Waals surface area contributed by atoms with Gasteiger partial charge in [-0.2, -0.15) is 0 Å². The van der Waals surface area contributed by atoms with E-state index in [9.17, 15) is 5.11 Å². The molecule has 0 spiro atoms. The largest absolute Gasteiger partial charge is 0.393 e. The van der Waals surface area contributed by atoms with E-state index < -0.39 is 0 Å². The van der Waals surface area contributed by atoms with Gasteiger partial charge in [-0.1, -0.05) is 25.1 Å². The predicted molar refractivity (Wildman–Crippen MR) is 87.8 cm³/mol. The van der Waals surface area contributed by atoms with Crippen LogP contribution in [-0.2, 0) is 17.8 Å². The fourth-order valence-electron chi connectivity index (χ4n) is 5.86. The molecule has 2 nitrogen and oxygen atoms in total. The molecule has 1 N–H and O–H groups in total. The fraction of sp³-hybridized carbons (Fsp3) is 0.700. The molecule has 0 saturated heterocycles. The lowest BCUT2D eigenvalue weighted by Crippen LogP contribution is -2.43. The quantitative estimate of drug-likeness (QED) is 0.893. The Kier molecular flexibility index (Phi) is 3.58. The lowest BCUT2D eigenvalue weighted by Gasteiger charge is -2.50.